The number of tetrazole rings is 1. The third-order valence-electron chi connectivity index (χ3n) is 4.08. The van der Waals surface area contributed by atoms with Crippen molar-refractivity contribution in [2.24, 2.45) is 0 Å². The number of carbonyl (C=O) groups is 2. The van der Waals surface area contributed by atoms with Gasteiger partial charge in [0.2, 0.25) is 0 Å². The second-order valence-corrected chi connectivity index (χ2v) is 7.68. The van der Waals surface area contributed by atoms with E-state index in [4.69, 9.17) is 9.47 Å². The van der Waals surface area contributed by atoms with Crippen molar-refractivity contribution in [1.82, 2.24) is 20.2 Å². The number of amides is 2. The Bertz CT molecular complexity index is 1090. The summed E-state index contributed by atoms with van der Waals surface area (Å²) in [6.45, 7) is 7.11. The van der Waals surface area contributed by atoms with E-state index in [2.05, 4.69) is 26.2 Å². The van der Waals surface area contributed by atoms with Crippen LogP contribution in [0.5, 0.6) is 5.75 Å². The molecule has 0 spiro atoms. The standard InChI is InChI=1S/C21H24N6O4/c1-13-24-25-26-27(13)17-12-16(10-11-18(17)30-5)22-19(28)14-6-8-15(9-7-14)23-20(29)31-21(2,3)4/h6-12H,1-5H3,(H,22,28)(H,23,29). The Kier molecular flexibility index (Phi) is 6.19. The molecule has 0 saturated heterocycles. The van der Waals surface area contributed by atoms with Crippen LogP contribution in [-0.4, -0.2) is 44.9 Å². The van der Waals surface area contributed by atoms with Crippen molar-refractivity contribution in [2.75, 3.05) is 17.7 Å². The normalized spacial score (nSPS) is 11.0. The van der Waals surface area contributed by atoms with E-state index < -0.39 is 11.7 Å². The Hall–Kier alpha value is -3.95. The Morgan fingerprint density at radius 2 is 1.68 bits per heavy atom. The molecule has 0 aliphatic rings. The van der Waals surface area contributed by atoms with E-state index in [0.717, 1.165) is 0 Å². The molecule has 1 aromatic heterocycles. The first-order chi connectivity index (χ1) is 14.7. The van der Waals surface area contributed by atoms with Gasteiger partial charge in [-0.1, -0.05) is 0 Å². The number of aryl methyl sites for hydroxylation is 1. The number of ether oxygens (including phenoxy) is 2. The smallest absolute Gasteiger partial charge is 0.412 e. The third kappa shape index (κ3) is 5.56. The van der Waals surface area contributed by atoms with Crippen LogP contribution in [0.1, 0.15) is 37.0 Å². The Balaban J connectivity index is 1.72. The second-order valence-electron chi connectivity index (χ2n) is 7.68. The molecule has 0 fully saturated rings. The minimum atomic E-state index is -0.595. The van der Waals surface area contributed by atoms with Crippen LogP contribution in [0.4, 0.5) is 16.2 Å². The number of nitrogens with zero attached hydrogens (tertiary/aromatic N) is 4. The van der Waals surface area contributed by atoms with E-state index in [1.807, 2.05) is 0 Å². The summed E-state index contributed by atoms with van der Waals surface area (Å²) in [6.07, 6.45) is -0.562. The zero-order chi connectivity index (χ0) is 22.6. The van der Waals surface area contributed by atoms with Gasteiger partial charge in [-0.05, 0) is 80.6 Å². The number of methoxy groups -OCH3 is 1. The van der Waals surface area contributed by atoms with Gasteiger partial charge in [-0.25, -0.2) is 4.79 Å². The average Bonchev–Trinajstić information content (AvgIpc) is 3.12. The zero-order valence-electron chi connectivity index (χ0n) is 18.0. The maximum atomic E-state index is 12.7. The van der Waals surface area contributed by atoms with Crippen molar-refractivity contribution >= 4 is 23.4 Å². The van der Waals surface area contributed by atoms with Gasteiger partial charge in [-0.2, -0.15) is 4.68 Å². The summed E-state index contributed by atoms with van der Waals surface area (Å²) in [5, 5.41) is 16.9. The van der Waals surface area contributed by atoms with Crippen molar-refractivity contribution in [1.29, 1.82) is 0 Å². The van der Waals surface area contributed by atoms with Crippen LogP contribution in [0.2, 0.25) is 0 Å². The maximum absolute atomic E-state index is 12.7. The second kappa shape index (κ2) is 8.82. The summed E-state index contributed by atoms with van der Waals surface area (Å²) in [4.78, 5) is 24.5. The third-order valence-corrected chi connectivity index (χ3v) is 4.08. The molecule has 10 nitrogen and oxygen atoms in total. The Morgan fingerprint density at radius 1 is 1.00 bits per heavy atom. The predicted octanol–water partition coefficient (Wildman–Crippen LogP) is 3.58. The monoisotopic (exact) mass is 424 g/mol. The molecule has 0 atom stereocenters. The van der Waals surface area contributed by atoms with Gasteiger partial charge in [0, 0.05) is 16.9 Å². The van der Waals surface area contributed by atoms with E-state index >= 15 is 0 Å². The Labute approximate surface area is 179 Å². The van der Waals surface area contributed by atoms with E-state index in [-0.39, 0.29) is 5.91 Å². The van der Waals surface area contributed by atoms with Crippen LogP contribution in [0.3, 0.4) is 0 Å². The number of hydrogen-bond acceptors (Lipinski definition) is 7. The molecule has 31 heavy (non-hydrogen) atoms. The first kappa shape index (κ1) is 21.8. The summed E-state index contributed by atoms with van der Waals surface area (Å²) in [5.74, 6) is 0.828. The fraction of sp³-hybridized carbons (Fsp3) is 0.286. The molecule has 3 rings (SSSR count). The molecule has 2 N–H and O–H groups in total. The molecule has 10 heteroatoms. The lowest BCUT2D eigenvalue weighted by Crippen LogP contribution is -2.27. The first-order valence-corrected chi connectivity index (χ1v) is 9.51. The van der Waals surface area contributed by atoms with E-state index in [1.54, 1.807) is 77.3 Å². The molecular weight excluding hydrogens is 400 g/mol. The van der Waals surface area contributed by atoms with Crippen molar-refractivity contribution in [3.63, 3.8) is 0 Å². The summed E-state index contributed by atoms with van der Waals surface area (Å²) < 4.78 is 12.1. The molecule has 0 unspecified atom stereocenters. The summed E-state index contributed by atoms with van der Waals surface area (Å²) >= 11 is 0. The molecule has 0 saturated carbocycles. The lowest BCUT2D eigenvalue weighted by atomic mass is 10.2. The van der Waals surface area contributed by atoms with Crippen molar-refractivity contribution in [3.05, 3.63) is 53.9 Å². The molecule has 1 heterocycles. The summed E-state index contributed by atoms with van der Waals surface area (Å²) in [7, 11) is 1.55. The zero-order valence-corrected chi connectivity index (χ0v) is 18.0. The highest BCUT2D eigenvalue weighted by molar-refractivity contribution is 6.04. The highest BCUT2D eigenvalue weighted by Crippen LogP contribution is 2.26. The van der Waals surface area contributed by atoms with E-state index in [0.29, 0.717) is 34.2 Å². The summed E-state index contributed by atoms with van der Waals surface area (Å²) in [5.41, 5.74) is 1.49. The fourth-order valence-electron chi connectivity index (χ4n) is 2.72. The van der Waals surface area contributed by atoms with Gasteiger partial charge < -0.3 is 14.8 Å². The van der Waals surface area contributed by atoms with Gasteiger partial charge in [0.1, 0.15) is 17.0 Å². The SMILES string of the molecule is COc1ccc(NC(=O)c2ccc(NC(=O)OC(C)(C)C)cc2)cc1-n1nnnc1C. The van der Waals surface area contributed by atoms with Crippen LogP contribution >= 0.6 is 0 Å². The first-order valence-electron chi connectivity index (χ1n) is 9.51. The lowest BCUT2D eigenvalue weighted by molar-refractivity contribution is 0.0636. The van der Waals surface area contributed by atoms with E-state index in [9.17, 15) is 9.59 Å². The van der Waals surface area contributed by atoms with Crippen molar-refractivity contribution in [3.8, 4) is 11.4 Å². The van der Waals surface area contributed by atoms with Crippen molar-refractivity contribution < 1.29 is 19.1 Å². The fourth-order valence-corrected chi connectivity index (χ4v) is 2.72. The number of nitrogens with one attached hydrogen (secondary N) is 2. The van der Waals surface area contributed by atoms with Crippen molar-refractivity contribution in [2.45, 2.75) is 33.3 Å². The number of benzene rings is 2. The number of hydrogen-bond donors (Lipinski definition) is 2. The van der Waals surface area contributed by atoms with Crippen LogP contribution in [0, 0.1) is 6.92 Å². The highest BCUT2D eigenvalue weighted by Gasteiger charge is 2.17. The topological polar surface area (TPSA) is 120 Å². The molecule has 0 bridgehead atoms. The molecule has 0 aliphatic heterocycles. The average molecular weight is 424 g/mol. The van der Waals surface area contributed by atoms with Gasteiger partial charge in [0.25, 0.3) is 5.91 Å². The molecule has 0 radical (unpaired) electrons. The minimum absolute atomic E-state index is 0.312. The van der Waals surface area contributed by atoms with Gasteiger partial charge in [-0.15, -0.1) is 5.10 Å². The van der Waals surface area contributed by atoms with Gasteiger partial charge in [-0.3, -0.25) is 10.1 Å². The number of aromatic nitrogens is 4. The van der Waals surface area contributed by atoms with E-state index in [1.165, 1.54) is 4.68 Å². The van der Waals surface area contributed by atoms with Crippen LogP contribution < -0.4 is 15.4 Å². The van der Waals surface area contributed by atoms with Gasteiger partial charge >= 0.3 is 6.09 Å². The summed E-state index contributed by atoms with van der Waals surface area (Å²) in [6, 6.07) is 11.6. The van der Waals surface area contributed by atoms with Gasteiger partial charge in [0.05, 0.1) is 7.11 Å². The van der Waals surface area contributed by atoms with Gasteiger partial charge in [0.15, 0.2) is 5.82 Å². The molecule has 0 aliphatic carbocycles. The number of rotatable bonds is 5. The Morgan fingerprint density at radius 3 is 2.26 bits per heavy atom. The largest absolute Gasteiger partial charge is 0.494 e. The highest BCUT2D eigenvalue weighted by atomic mass is 16.6. The quantitative estimate of drug-likeness (QED) is 0.642. The number of carbonyl (C=O) groups excluding carboxylic acids is 2. The van der Waals surface area contributed by atoms with Crippen LogP contribution in [-0.2, 0) is 4.74 Å². The predicted molar refractivity (Wildman–Crippen MR) is 115 cm³/mol. The molecule has 2 aromatic carbocycles. The maximum Gasteiger partial charge on any atom is 0.412 e. The molecule has 2 amide bonds. The van der Waals surface area contributed by atoms with Crippen LogP contribution in [0.25, 0.3) is 5.69 Å². The molecule has 3 aromatic rings. The molecular formula is C21H24N6O4. The lowest BCUT2D eigenvalue weighted by Gasteiger charge is -2.19. The number of anilines is 2. The minimum Gasteiger partial charge on any atom is -0.494 e. The molecule has 162 valence electrons. The van der Waals surface area contributed by atoms with Crippen LogP contribution in [0.15, 0.2) is 42.5 Å².